The molecule has 5 nitrogen and oxygen atoms in total. The summed E-state index contributed by atoms with van der Waals surface area (Å²) in [4.78, 5) is 20.3. The summed E-state index contributed by atoms with van der Waals surface area (Å²) in [6.07, 6.45) is 5.95. The number of imidazole rings is 1. The highest BCUT2D eigenvalue weighted by molar-refractivity contribution is 8.01. The number of carbonyl (C=O) groups is 1. The van der Waals surface area contributed by atoms with E-state index in [2.05, 4.69) is 22.5 Å². The maximum atomic E-state index is 12.9. The molecule has 0 spiro atoms. The smallest absolute Gasteiger partial charge is 0.263 e. The Labute approximate surface area is 157 Å². The molecule has 0 aliphatic carbocycles. The van der Waals surface area contributed by atoms with Crippen molar-refractivity contribution in [1.82, 2.24) is 14.5 Å². The molecule has 1 atom stereocenters. The van der Waals surface area contributed by atoms with E-state index in [4.69, 9.17) is 4.74 Å². The summed E-state index contributed by atoms with van der Waals surface area (Å²) >= 11 is 3.40. The molecule has 0 bridgehead atoms. The topological polar surface area (TPSA) is 47.4 Å². The molecule has 1 saturated heterocycles. The predicted octanol–water partition coefficient (Wildman–Crippen LogP) is 3.72. The Morgan fingerprint density at radius 1 is 1.48 bits per heavy atom. The molecule has 136 valence electrons. The van der Waals surface area contributed by atoms with Gasteiger partial charge in [-0.2, -0.15) is 0 Å². The third kappa shape index (κ3) is 4.46. The molecule has 3 rings (SSSR count). The zero-order valence-corrected chi connectivity index (χ0v) is 16.4. The van der Waals surface area contributed by atoms with Gasteiger partial charge < -0.3 is 14.2 Å². The van der Waals surface area contributed by atoms with Crippen LogP contribution in [0.4, 0.5) is 0 Å². The van der Waals surface area contributed by atoms with Gasteiger partial charge in [-0.15, -0.1) is 23.1 Å². The lowest BCUT2D eigenvalue weighted by Crippen LogP contribution is -2.39. The van der Waals surface area contributed by atoms with Crippen LogP contribution in [-0.2, 0) is 11.3 Å². The van der Waals surface area contributed by atoms with E-state index < -0.39 is 0 Å². The van der Waals surface area contributed by atoms with Gasteiger partial charge in [-0.1, -0.05) is 6.92 Å². The lowest BCUT2D eigenvalue weighted by atomic mass is 9.97. The van der Waals surface area contributed by atoms with Crippen LogP contribution in [0, 0.1) is 0 Å². The third-order valence-electron chi connectivity index (χ3n) is 4.44. The Hall–Kier alpha value is -1.31. The van der Waals surface area contributed by atoms with E-state index in [0.717, 1.165) is 48.9 Å². The van der Waals surface area contributed by atoms with Crippen molar-refractivity contribution in [2.24, 2.45) is 0 Å². The van der Waals surface area contributed by atoms with E-state index >= 15 is 0 Å². The maximum absolute atomic E-state index is 12.9. The minimum atomic E-state index is 0.160. The standard InChI is InChI=1S/C18H25N3O2S2/c1-3-24-16-7-6-15(25-16)18(22)21-9-4-5-14(13-21)17-19-8-10-20(17)11-12-23-2/h6-8,10,14H,3-5,9,11-13H2,1-2H3. The molecule has 0 aromatic carbocycles. The SMILES string of the molecule is CCSc1ccc(C(=O)N2CCCC(c3nccn3CCOC)C2)s1. The van der Waals surface area contributed by atoms with E-state index in [-0.39, 0.29) is 5.91 Å². The fourth-order valence-corrected chi connectivity index (χ4v) is 5.26. The Morgan fingerprint density at radius 2 is 2.36 bits per heavy atom. The Kier molecular flexibility index (Phi) is 6.56. The number of hydrogen-bond donors (Lipinski definition) is 0. The van der Waals surface area contributed by atoms with Crippen molar-refractivity contribution in [3.63, 3.8) is 0 Å². The molecule has 1 amide bonds. The van der Waals surface area contributed by atoms with Crippen molar-refractivity contribution in [3.8, 4) is 0 Å². The van der Waals surface area contributed by atoms with Crippen LogP contribution in [-0.4, -0.2) is 52.9 Å². The van der Waals surface area contributed by atoms with Gasteiger partial charge in [0.2, 0.25) is 0 Å². The number of methoxy groups -OCH3 is 1. The number of ether oxygens (including phenoxy) is 1. The molecule has 1 fully saturated rings. The zero-order valence-electron chi connectivity index (χ0n) is 14.8. The Bertz CT molecular complexity index is 698. The minimum absolute atomic E-state index is 0.160. The fourth-order valence-electron chi connectivity index (χ4n) is 3.24. The second-order valence-electron chi connectivity index (χ2n) is 6.11. The summed E-state index contributed by atoms with van der Waals surface area (Å²) in [5, 5.41) is 0. The van der Waals surface area contributed by atoms with E-state index in [9.17, 15) is 4.79 Å². The number of thioether (sulfide) groups is 1. The van der Waals surface area contributed by atoms with Crippen LogP contribution >= 0.6 is 23.1 Å². The van der Waals surface area contributed by atoms with Crippen molar-refractivity contribution in [1.29, 1.82) is 0 Å². The van der Waals surface area contributed by atoms with Crippen molar-refractivity contribution in [2.75, 3.05) is 32.6 Å². The molecule has 2 aromatic heterocycles. The summed E-state index contributed by atoms with van der Waals surface area (Å²) in [6.45, 7) is 5.19. The predicted molar refractivity (Wildman–Crippen MR) is 103 cm³/mol. The van der Waals surface area contributed by atoms with Gasteiger partial charge in [0.15, 0.2) is 0 Å². The molecular formula is C18H25N3O2S2. The molecule has 1 aliphatic heterocycles. The van der Waals surface area contributed by atoms with Gasteiger partial charge in [-0.3, -0.25) is 4.79 Å². The number of thiophene rings is 1. The minimum Gasteiger partial charge on any atom is -0.383 e. The third-order valence-corrected chi connectivity index (χ3v) is 6.62. The number of piperidine rings is 1. The summed E-state index contributed by atoms with van der Waals surface area (Å²) in [5.74, 6) is 2.56. The van der Waals surface area contributed by atoms with Gasteiger partial charge in [-0.25, -0.2) is 4.98 Å². The highest BCUT2D eigenvalue weighted by Gasteiger charge is 2.28. The first-order chi connectivity index (χ1) is 12.2. The summed E-state index contributed by atoms with van der Waals surface area (Å²) in [6, 6.07) is 4.03. The quantitative estimate of drug-likeness (QED) is 0.688. The second kappa shape index (κ2) is 8.87. The first-order valence-corrected chi connectivity index (χ1v) is 10.5. The van der Waals surface area contributed by atoms with Crippen LogP contribution < -0.4 is 0 Å². The number of hydrogen-bond acceptors (Lipinski definition) is 5. The number of amides is 1. The number of carbonyl (C=O) groups excluding carboxylic acids is 1. The summed E-state index contributed by atoms with van der Waals surface area (Å²) in [5.41, 5.74) is 0. The van der Waals surface area contributed by atoms with Gasteiger partial charge in [0.25, 0.3) is 5.91 Å². The van der Waals surface area contributed by atoms with Crippen molar-refractivity contribution in [2.45, 2.75) is 36.4 Å². The van der Waals surface area contributed by atoms with Gasteiger partial charge in [-0.05, 0) is 30.7 Å². The molecule has 1 unspecified atom stereocenters. The van der Waals surface area contributed by atoms with Gasteiger partial charge in [0, 0.05) is 45.1 Å². The average molecular weight is 380 g/mol. The first kappa shape index (κ1) is 18.5. The molecule has 7 heteroatoms. The normalized spacial score (nSPS) is 17.8. The first-order valence-electron chi connectivity index (χ1n) is 8.74. The Balaban J connectivity index is 1.68. The molecule has 0 saturated carbocycles. The van der Waals surface area contributed by atoms with E-state index in [1.807, 2.05) is 23.4 Å². The average Bonchev–Trinajstić information content (AvgIpc) is 3.29. The molecule has 3 heterocycles. The lowest BCUT2D eigenvalue weighted by Gasteiger charge is -2.32. The van der Waals surface area contributed by atoms with Crippen molar-refractivity contribution in [3.05, 3.63) is 35.2 Å². The molecule has 25 heavy (non-hydrogen) atoms. The highest BCUT2D eigenvalue weighted by Crippen LogP contribution is 2.31. The number of nitrogens with zero attached hydrogens (tertiary/aromatic N) is 3. The van der Waals surface area contributed by atoms with Crippen LogP contribution in [0.5, 0.6) is 0 Å². The molecule has 0 N–H and O–H groups in total. The second-order valence-corrected chi connectivity index (χ2v) is 8.76. The molecular weight excluding hydrogens is 354 g/mol. The molecule has 2 aromatic rings. The van der Waals surface area contributed by atoms with Crippen molar-refractivity contribution >= 4 is 29.0 Å². The van der Waals surface area contributed by atoms with E-state index in [0.29, 0.717) is 12.5 Å². The van der Waals surface area contributed by atoms with E-state index in [1.165, 1.54) is 4.21 Å². The van der Waals surface area contributed by atoms with Gasteiger partial charge in [0.1, 0.15) is 5.82 Å². The number of aromatic nitrogens is 2. The monoisotopic (exact) mass is 379 g/mol. The van der Waals surface area contributed by atoms with Crippen LogP contribution in [0.15, 0.2) is 28.7 Å². The van der Waals surface area contributed by atoms with Crippen molar-refractivity contribution < 1.29 is 9.53 Å². The largest absolute Gasteiger partial charge is 0.383 e. The molecule has 0 radical (unpaired) electrons. The Morgan fingerprint density at radius 3 is 3.16 bits per heavy atom. The fraction of sp³-hybridized carbons (Fsp3) is 0.556. The van der Waals surface area contributed by atoms with Crippen LogP contribution in [0.3, 0.4) is 0 Å². The maximum Gasteiger partial charge on any atom is 0.263 e. The molecule has 1 aliphatic rings. The van der Waals surface area contributed by atoms with Crippen LogP contribution in [0.2, 0.25) is 0 Å². The zero-order chi connectivity index (χ0) is 17.6. The van der Waals surface area contributed by atoms with Crippen LogP contribution in [0.1, 0.15) is 41.2 Å². The number of likely N-dealkylation sites (tertiary alicyclic amines) is 1. The summed E-state index contributed by atoms with van der Waals surface area (Å²) < 4.78 is 8.56. The van der Waals surface area contributed by atoms with Gasteiger partial charge >= 0.3 is 0 Å². The van der Waals surface area contributed by atoms with E-state index in [1.54, 1.807) is 30.2 Å². The summed E-state index contributed by atoms with van der Waals surface area (Å²) in [7, 11) is 1.71. The van der Waals surface area contributed by atoms with Gasteiger partial charge in [0.05, 0.1) is 15.7 Å². The lowest BCUT2D eigenvalue weighted by molar-refractivity contribution is 0.0707. The number of rotatable bonds is 7. The van der Waals surface area contributed by atoms with Crippen LogP contribution in [0.25, 0.3) is 0 Å². The highest BCUT2D eigenvalue weighted by atomic mass is 32.2.